The van der Waals surface area contributed by atoms with Gasteiger partial charge < -0.3 is 20.1 Å². The molecule has 2 amide bonds. The van der Waals surface area contributed by atoms with Gasteiger partial charge in [-0.1, -0.05) is 12.1 Å². The number of ether oxygens (including phenoxy) is 2. The number of amides is 2. The molecule has 0 aliphatic carbocycles. The molecular weight excluding hydrogens is 392 g/mol. The Morgan fingerprint density at radius 1 is 0.862 bits per heavy atom. The molecule has 29 heavy (non-hydrogen) atoms. The Hall–Kier alpha value is -3.00. The summed E-state index contributed by atoms with van der Waals surface area (Å²) in [6, 6.07) is 13.6. The molecule has 0 fully saturated rings. The van der Waals surface area contributed by atoms with Gasteiger partial charge in [0.05, 0.1) is 36.0 Å². The Morgan fingerprint density at radius 3 is 2.17 bits per heavy atom. The van der Waals surface area contributed by atoms with Gasteiger partial charge in [0.1, 0.15) is 5.75 Å². The van der Waals surface area contributed by atoms with E-state index in [-0.39, 0.29) is 23.3 Å². The molecule has 2 aromatic carbocycles. The second-order valence-corrected chi connectivity index (χ2v) is 6.80. The quantitative estimate of drug-likeness (QED) is 0.575. The standard InChI is InChI=1S/C21H24N2O5S/c1-3-27-18-8-6-5-7-17(18)23-20(25)14-29-13-19(24)22-16-11-9-15(10-12-16)21(26)28-4-2/h5-12H,3-4,13-14H2,1-2H3,(H,22,24)(H,23,25). The lowest BCUT2D eigenvalue weighted by atomic mass is 10.2. The lowest BCUT2D eigenvalue weighted by Gasteiger charge is -2.11. The Kier molecular flexibility index (Phi) is 9.04. The topological polar surface area (TPSA) is 93.7 Å². The summed E-state index contributed by atoms with van der Waals surface area (Å²) >= 11 is 1.20. The number of thioether (sulfide) groups is 1. The fraction of sp³-hybridized carbons (Fsp3) is 0.286. The van der Waals surface area contributed by atoms with Crippen LogP contribution in [0.3, 0.4) is 0 Å². The molecule has 154 valence electrons. The highest BCUT2D eigenvalue weighted by atomic mass is 32.2. The summed E-state index contributed by atoms with van der Waals surface area (Å²) in [6.07, 6.45) is 0. The maximum Gasteiger partial charge on any atom is 0.338 e. The fourth-order valence-corrected chi connectivity index (χ4v) is 2.99. The van der Waals surface area contributed by atoms with Crippen molar-refractivity contribution in [1.82, 2.24) is 0 Å². The van der Waals surface area contributed by atoms with Crippen LogP contribution in [0.4, 0.5) is 11.4 Å². The Balaban J connectivity index is 1.75. The molecule has 0 aromatic heterocycles. The van der Waals surface area contributed by atoms with E-state index in [1.54, 1.807) is 43.3 Å². The summed E-state index contributed by atoms with van der Waals surface area (Å²) in [6.45, 7) is 4.42. The molecular formula is C21H24N2O5S. The molecule has 7 nitrogen and oxygen atoms in total. The van der Waals surface area contributed by atoms with Gasteiger partial charge in [0.2, 0.25) is 11.8 Å². The van der Waals surface area contributed by atoms with Gasteiger partial charge in [0.25, 0.3) is 0 Å². The number of para-hydroxylation sites is 2. The number of benzene rings is 2. The van der Waals surface area contributed by atoms with Crippen molar-refractivity contribution < 1.29 is 23.9 Å². The number of rotatable bonds is 10. The van der Waals surface area contributed by atoms with Crippen LogP contribution in [0.25, 0.3) is 0 Å². The molecule has 0 heterocycles. The third-order valence-corrected chi connectivity index (χ3v) is 4.54. The highest BCUT2D eigenvalue weighted by molar-refractivity contribution is 8.00. The molecule has 0 atom stereocenters. The number of hydrogen-bond donors (Lipinski definition) is 2. The zero-order chi connectivity index (χ0) is 21.1. The minimum absolute atomic E-state index is 0.125. The van der Waals surface area contributed by atoms with E-state index in [9.17, 15) is 14.4 Å². The van der Waals surface area contributed by atoms with Crippen LogP contribution in [0.1, 0.15) is 24.2 Å². The van der Waals surface area contributed by atoms with Gasteiger partial charge in [-0.3, -0.25) is 9.59 Å². The molecule has 0 bridgehead atoms. The molecule has 0 saturated carbocycles. The highest BCUT2D eigenvalue weighted by Crippen LogP contribution is 2.23. The number of esters is 1. The SMILES string of the molecule is CCOC(=O)c1ccc(NC(=O)CSCC(=O)Nc2ccccc2OCC)cc1. The molecule has 2 aromatic rings. The molecule has 0 aliphatic heterocycles. The van der Waals surface area contributed by atoms with Crippen LogP contribution >= 0.6 is 11.8 Å². The van der Waals surface area contributed by atoms with Crippen molar-refractivity contribution in [3.63, 3.8) is 0 Å². The van der Waals surface area contributed by atoms with Gasteiger partial charge in [-0.15, -0.1) is 11.8 Å². The maximum atomic E-state index is 12.1. The first kappa shape index (κ1) is 22.3. The van der Waals surface area contributed by atoms with Crippen molar-refractivity contribution >= 4 is 40.9 Å². The summed E-state index contributed by atoms with van der Waals surface area (Å²) in [5, 5.41) is 5.51. The second kappa shape index (κ2) is 11.8. The molecule has 2 N–H and O–H groups in total. The van der Waals surface area contributed by atoms with Crippen molar-refractivity contribution in [3.8, 4) is 5.75 Å². The Labute approximate surface area is 174 Å². The Morgan fingerprint density at radius 2 is 1.52 bits per heavy atom. The number of nitrogens with one attached hydrogen (secondary N) is 2. The first-order chi connectivity index (χ1) is 14.0. The van der Waals surface area contributed by atoms with Crippen LogP contribution in [0, 0.1) is 0 Å². The van der Waals surface area contributed by atoms with Crippen LogP contribution in [0.2, 0.25) is 0 Å². The van der Waals surface area contributed by atoms with E-state index in [4.69, 9.17) is 9.47 Å². The number of carbonyl (C=O) groups is 3. The Bertz CT molecular complexity index is 839. The van der Waals surface area contributed by atoms with Crippen LogP contribution in [0.15, 0.2) is 48.5 Å². The summed E-state index contributed by atoms with van der Waals surface area (Å²) in [5.74, 6) is 0.0147. The van der Waals surface area contributed by atoms with Gasteiger partial charge >= 0.3 is 5.97 Å². The first-order valence-corrected chi connectivity index (χ1v) is 10.4. The summed E-state index contributed by atoms with van der Waals surface area (Å²) < 4.78 is 10.4. The lowest BCUT2D eigenvalue weighted by Crippen LogP contribution is -2.18. The van der Waals surface area contributed by atoms with Crippen molar-refractivity contribution in [2.75, 3.05) is 35.4 Å². The predicted molar refractivity (Wildman–Crippen MR) is 115 cm³/mol. The van der Waals surface area contributed by atoms with Crippen LogP contribution in [-0.4, -0.2) is 42.5 Å². The average molecular weight is 416 g/mol. The van der Waals surface area contributed by atoms with Gasteiger partial charge in [0.15, 0.2) is 0 Å². The smallest absolute Gasteiger partial charge is 0.338 e. The average Bonchev–Trinajstić information content (AvgIpc) is 2.70. The molecule has 0 aliphatic rings. The van der Waals surface area contributed by atoms with E-state index in [1.165, 1.54) is 11.8 Å². The van der Waals surface area contributed by atoms with E-state index in [0.29, 0.717) is 35.9 Å². The zero-order valence-corrected chi connectivity index (χ0v) is 17.2. The number of carbonyl (C=O) groups excluding carboxylic acids is 3. The van der Waals surface area contributed by atoms with Crippen LogP contribution in [0.5, 0.6) is 5.75 Å². The van der Waals surface area contributed by atoms with Crippen molar-refractivity contribution in [1.29, 1.82) is 0 Å². The zero-order valence-electron chi connectivity index (χ0n) is 16.4. The summed E-state index contributed by atoms with van der Waals surface area (Å²) in [7, 11) is 0. The van der Waals surface area contributed by atoms with Crippen molar-refractivity contribution in [2.45, 2.75) is 13.8 Å². The van der Waals surface area contributed by atoms with E-state index in [2.05, 4.69) is 10.6 Å². The number of hydrogen-bond acceptors (Lipinski definition) is 6. The lowest BCUT2D eigenvalue weighted by molar-refractivity contribution is -0.114. The van der Waals surface area contributed by atoms with Gasteiger partial charge in [-0.05, 0) is 50.2 Å². The number of anilines is 2. The first-order valence-electron chi connectivity index (χ1n) is 9.20. The highest BCUT2D eigenvalue weighted by Gasteiger charge is 2.10. The van der Waals surface area contributed by atoms with E-state index in [1.807, 2.05) is 19.1 Å². The van der Waals surface area contributed by atoms with E-state index in [0.717, 1.165) is 0 Å². The van der Waals surface area contributed by atoms with E-state index >= 15 is 0 Å². The van der Waals surface area contributed by atoms with E-state index < -0.39 is 5.97 Å². The van der Waals surface area contributed by atoms with Crippen LogP contribution in [-0.2, 0) is 14.3 Å². The fourth-order valence-electron chi connectivity index (χ4n) is 2.38. The minimum Gasteiger partial charge on any atom is -0.492 e. The van der Waals surface area contributed by atoms with Gasteiger partial charge in [-0.2, -0.15) is 0 Å². The van der Waals surface area contributed by atoms with Gasteiger partial charge in [-0.25, -0.2) is 4.79 Å². The molecule has 8 heteroatoms. The third kappa shape index (κ3) is 7.50. The van der Waals surface area contributed by atoms with Crippen molar-refractivity contribution in [2.24, 2.45) is 0 Å². The second-order valence-electron chi connectivity index (χ2n) is 5.82. The molecule has 2 rings (SSSR count). The summed E-state index contributed by atoms with van der Waals surface area (Å²) in [5.41, 5.74) is 1.59. The normalized spacial score (nSPS) is 10.1. The third-order valence-electron chi connectivity index (χ3n) is 3.61. The molecule has 0 unspecified atom stereocenters. The minimum atomic E-state index is -0.405. The van der Waals surface area contributed by atoms with Crippen LogP contribution < -0.4 is 15.4 Å². The molecule has 0 saturated heterocycles. The maximum absolute atomic E-state index is 12.1. The van der Waals surface area contributed by atoms with Gasteiger partial charge in [0, 0.05) is 5.69 Å². The summed E-state index contributed by atoms with van der Waals surface area (Å²) in [4.78, 5) is 35.8. The monoisotopic (exact) mass is 416 g/mol. The van der Waals surface area contributed by atoms with Crippen molar-refractivity contribution in [3.05, 3.63) is 54.1 Å². The predicted octanol–water partition coefficient (Wildman–Crippen LogP) is 3.57. The molecule has 0 spiro atoms. The molecule has 0 radical (unpaired) electrons. The largest absolute Gasteiger partial charge is 0.492 e.